The number of amides is 1. The van der Waals surface area contributed by atoms with E-state index in [0.717, 1.165) is 5.56 Å². The van der Waals surface area contributed by atoms with E-state index >= 15 is 4.39 Å². The lowest BCUT2D eigenvalue weighted by molar-refractivity contribution is 0.0152. The van der Waals surface area contributed by atoms with Gasteiger partial charge in [0.05, 0.1) is 30.7 Å². The van der Waals surface area contributed by atoms with Crippen LogP contribution in [0, 0.1) is 5.82 Å². The Balaban J connectivity index is 1.18. The Labute approximate surface area is 246 Å². The Bertz CT molecular complexity index is 1730. The maximum atomic E-state index is 15.3. The molecule has 2 atom stereocenters. The minimum atomic E-state index is -1.50. The van der Waals surface area contributed by atoms with Crippen molar-refractivity contribution in [2.24, 2.45) is 0 Å². The van der Waals surface area contributed by atoms with Gasteiger partial charge in [0, 0.05) is 43.8 Å². The molecule has 1 fully saturated rings. The van der Waals surface area contributed by atoms with E-state index in [9.17, 15) is 9.18 Å². The topological polar surface area (TPSA) is 87.4 Å². The van der Waals surface area contributed by atoms with Gasteiger partial charge in [-0.15, -0.1) is 0 Å². The fourth-order valence-electron chi connectivity index (χ4n) is 5.04. The molecule has 0 unspecified atom stereocenters. The van der Waals surface area contributed by atoms with E-state index in [1.165, 1.54) is 17.0 Å². The van der Waals surface area contributed by atoms with Crippen molar-refractivity contribution in [3.05, 3.63) is 90.5 Å². The van der Waals surface area contributed by atoms with Crippen molar-refractivity contribution < 1.29 is 32.5 Å². The zero-order chi connectivity index (χ0) is 29.8. The molecular formula is C32H30F2N4O5. The Morgan fingerprint density at radius 3 is 2.74 bits per heavy atom. The predicted octanol–water partition coefficient (Wildman–Crippen LogP) is 5.84. The lowest BCUT2D eigenvalue weighted by atomic mass is 10.1. The number of benzene rings is 2. The highest BCUT2D eigenvalue weighted by atomic mass is 19.1. The summed E-state index contributed by atoms with van der Waals surface area (Å²) in [4.78, 5) is 23.1. The summed E-state index contributed by atoms with van der Waals surface area (Å²) in [5.74, 6) is 0.271. The smallest absolute Gasteiger partial charge is 0.410 e. The maximum absolute atomic E-state index is 15.3. The molecule has 222 valence electrons. The molecule has 0 aliphatic carbocycles. The van der Waals surface area contributed by atoms with E-state index < -0.39 is 24.2 Å². The number of pyridine rings is 2. The van der Waals surface area contributed by atoms with E-state index in [1.54, 1.807) is 25.4 Å². The van der Waals surface area contributed by atoms with Crippen molar-refractivity contribution in [1.82, 2.24) is 19.3 Å². The van der Waals surface area contributed by atoms with Crippen molar-refractivity contribution >= 4 is 22.6 Å². The molecule has 6 rings (SSSR count). The third-order valence-electron chi connectivity index (χ3n) is 7.25. The fourth-order valence-corrected chi connectivity index (χ4v) is 5.04. The molecule has 0 saturated carbocycles. The number of rotatable bonds is 9. The van der Waals surface area contributed by atoms with E-state index in [1.807, 2.05) is 53.1 Å². The summed E-state index contributed by atoms with van der Waals surface area (Å²) < 4.78 is 53.8. The number of likely N-dealkylation sites (tertiary alicyclic amines) is 1. The van der Waals surface area contributed by atoms with Crippen LogP contribution in [0.4, 0.5) is 13.6 Å². The summed E-state index contributed by atoms with van der Waals surface area (Å²) in [5.41, 5.74) is 3.19. The largest absolute Gasteiger partial charge is 0.491 e. The third kappa shape index (κ3) is 6.36. The van der Waals surface area contributed by atoms with Crippen molar-refractivity contribution in [3.8, 4) is 22.9 Å². The number of hydrogen-bond donors (Lipinski definition) is 0. The van der Waals surface area contributed by atoms with E-state index in [2.05, 4.69) is 4.98 Å². The predicted molar refractivity (Wildman–Crippen MR) is 155 cm³/mol. The summed E-state index contributed by atoms with van der Waals surface area (Å²) in [7, 11) is 1.61. The first-order valence-electron chi connectivity index (χ1n) is 13.9. The van der Waals surface area contributed by atoms with Crippen molar-refractivity contribution in [2.45, 2.75) is 25.3 Å². The molecule has 5 aromatic rings. The van der Waals surface area contributed by atoms with Crippen molar-refractivity contribution in [3.63, 3.8) is 0 Å². The van der Waals surface area contributed by atoms with Gasteiger partial charge >= 0.3 is 6.09 Å². The molecule has 1 amide bonds. The van der Waals surface area contributed by atoms with Crippen LogP contribution in [0.25, 0.3) is 27.9 Å². The summed E-state index contributed by atoms with van der Waals surface area (Å²) >= 11 is 0. The average molecular weight is 589 g/mol. The first kappa shape index (κ1) is 28.4. The third-order valence-corrected chi connectivity index (χ3v) is 7.25. The average Bonchev–Trinajstić information content (AvgIpc) is 3.44. The number of ether oxygens (including phenoxy) is 4. The first-order chi connectivity index (χ1) is 21.0. The molecule has 0 N–H and O–H groups in total. The van der Waals surface area contributed by atoms with Gasteiger partial charge in [0.2, 0.25) is 0 Å². The van der Waals surface area contributed by atoms with E-state index in [0.29, 0.717) is 46.9 Å². The number of halogens is 2. The Morgan fingerprint density at radius 2 is 1.93 bits per heavy atom. The SMILES string of the molecule is COCCOc1ccn2c(-c3ccc4cc(F)cc(O[C@H]5CCN(C(=O)OCc6ccccc6)C[C@@H]5F)c4n3)cnc2c1. The molecule has 43 heavy (non-hydrogen) atoms. The normalized spacial score (nSPS) is 16.9. The van der Waals surface area contributed by atoms with Crippen molar-refractivity contribution in [2.75, 3.05) is 33.4 Å². The fraction of sp³-hybridized carbons (Fsp3) is 0.281. The van der Waals surface area contributed by atoms with Crippen LogP contribution in [0.3, 0.4) is 0 Å². The zero-order valence-electron chi connectivity index (χ0n) is 23.5. The van der Waals surface area contributed by atoms with Gasteiger partial charge in [-0.1, -0.05) is 36.4 Å². The lowest BCUT2D eigenvalue weighted by Crippen LogP contribution is -2.49. The Kier molecular flexibility index (Phi) is 8.32. The standard InChI is InChI=1S/C32H30F2N4O5/c1-40-13-14-41-24-9-12-38-27(18-35-30(38)17-24)26-8-7-22-15-23(33)16-29(31(22)36-26)43-28-10-11-37(19-25(28)34)32(39)42-20-21-5-3-2-4-6-21/h2-9,12,15-18,25,28H,10-11,13-14,19-20H2,1H3/t25-,28-/m0/s1. The van der Waals surface area contributed by atoms with Gasteiger partial charge in [0.25, 0.3) is 0 Å². The molecule has 0 spiro atoms. The molecule has 4 heterocycles. The number of hydrogen-bond acceptors (Lipinski definition) is 7. The van der Waals surface area contributed by atoms with Gasteiger partial charge in [-0.3, -0.25) is 4.40 Å². The minimum Gasteiger partial charge on any atom is -0.491 e. The maximum Gasteiger partial charge on any atom is 0.410 e. The molecule has 11 heteroatoms. The zero-order valence-corrected chi connectivity index (χ0v) is 23.5. The van der Waals surface area contributed by atoms with Crippen LogP contribution in [0.1, 0.15) is 12.0 Å². The van der Waals surface area contributed by atoms with Gasteiger partial charge in [-0.05, 0) is 23.8 Å². The number of piperidine rings is 1. The van der Waals surface area contributed by atoms with Gasteiger partial charge < -0.3 is 23.8 Å². The van der Waals surface area contributed by atoms with Crippen LogP contribution in [0.2, 0.25) is 0 Å². The lowest BCUT2D eigenvalue weighted by Gasteiger charge is -2.34. The molecule has 0 radical (unpaired) electrons. The monoisotopic (exact) mass is 588 g/mol. The Hall–Kier alpha value is -4.77. The van der Waals surface area contributed by atoms with E-state index in [-0.39, 0.29) is 31.9 Å². The number of alkyl halides is 1. The number of aromatic nitrogens is 3. The molecule has 1 saturated heterocycles. The highest BCUT2D eigenvalue weighted by molar-refractivity contribution is 5.87. The van der Waals surface area contributed by atoms with Gasteiger partial charge in [0.1, 0.15) is 47.8 Å². The minimum absolute atomic E-state index is 0.103. The number of imidazole rings is 1. The van der Waals surface area contributed by atoms with Crippen LogP contribution in [0.5, 0.6) is 11.5 Å². The van der Waals surface area contributed by atoms with Gasteiger partial charge in [-0.25, -0.2) is 23.5 Å². The number of carbonyl (C=O) groups excluding carboxylic acids is 1. The number of fused-ring (bicyclic) bond motifs is 2. The second-order valence-electron chi connectivity index (χ2n) is 10.2. The molecule has 1 aliphatic rings. The highest BCUT2D eigenvalue weighted by Crippen LogP contribution is 2.32. The second-order valence-corrected chi connectivity index (χ2v) is 10.2. The highest BCUT2D eigenvalue weighted by Gasteiger charge is 2.34. The molecule has 9 nitrogen and oxygen atoms in total. The van der Waals surface area contributed by atoms with Crippen LogP contribution in [-0.2, 0) is 16.1 Å². The van der Waals surface area contributed by atoms with Gasteiger partial charge in [-0.2, -0.15) is 0 Å². The number of nitrogens with zero attached hydrogens (tertiary/aromatic N) is 4. The summed E-state index contributed by atoms with van der Waals surface area (Å²) in [6.07, 6.45) is 0.756. The van der Waals surface area contributed by atoms with Crippen molar-refractivity contribution in [1.29, 1.82) is 0 Å². The quantitative estimate of drug-likeness (QED) is 0.200. The molecule has 0 bridgehead atoms. The molecule has 1 aliphatic heterocycles. The summed E-state index contributed by atoms with van der Waals surface area (Å²) in [6.45, 7) is 1.04. The van der Waals surface area contributed by atoms with Crippen LogP contribution >= 0.6 is 0 Å². The Morgan fingerprint density at radius 1 is 1.07 bits per heavy atom. The number of carbonyl (C=O) groups is 1. The van der Waals surface area contributed by atoms with Crippen LogP contribution in [-0.4, -0.2) is 71.1 Å². The molecule has 2 aromatic carbocycles. The molecule has 3 aromatic heterocycles. The molecular weight excluding hydrogens is 558 g/mol. The number of methoxy groups -OCH3 is 1. The summed E-state index contributed by atoms with van der Waals surface area (Å²) in [5, 5.41) is 0.513. The van der Waals surface area contributed by atoms with Crippen LogP contribution in [0.15, 0.2) is 79.1 Å². The second kappa shape index (κ2) is 12.6. The van der Waals surface area contributed by atoms with Gasteiger partial charge in [0.15, 0.2) is 6.17 Å². The summed E-state index contributed by atoms with van der Waals surface area (Å²) in [6, 6.07) is 19.0. The van der Waals surface area contributed by atoms with Crippen LogP contribution < -0.4 is 9.47 Å². The first-order valence-corrected chi connectivity index (χ1v) is 13.9. The van der Waals surface area contributed by atoms with E-state index in [4.69, 9.17) is 23.9 Å².